The average Bonchev–Trinajstić information content (AvgIpc) is 3.09. The number of sulfone groups is 1. The third-order valence-corrected chi connectivity index (χ3v) is 7.04. The van der Waals surface area contributed by atoms with E-state index >= 15 is 0 Å². The molecule has 0 bridgehead atoms. The second-order valence-electron chi connectivity index (χ2n) is 7.79. The third-order valence-electron chi connectivity index (χ3n) is 4.91. The highest BCUT2D eigenvalue weighted by Crippen LogP contribution is 2.22. The summed E-state index contributed by atoms with van der Waals surface area (Å²) in [5.41, 5.74) is 2.56. The highest BCUT2D eigenvalue weighted by atomic mass is 32.2. The maximum absolute atomic E-state index is 11.6. The first-order chi connectivity index (χ1) is 12.7. The zero-order valence-corrected chi connectivity index (χ0v) is 17.7. The van der Waals surface area contributed by atoms with Crippen molar-refractivity contribution in [1.82, 2.24) is 14.7 Å². The lowest BCUT2D eigenvalue weighted by Gasteiger charge is -2.16. The van der Waals surface area contributed by atoms with Gasteiger partial charge in [0.1, 0.15) is 0 Å². The Morgan fingerprint density at radius 2 is 2.04 bits per heavy atom. The molecule has 1 saturated heterocycles. The number of rotatable bonds is 7. The van der Waals surface area contributed by atoms with Gasteiger partial charge in [-0.05, 0) is 48.6 Å². The Hall–Kier alpha value is -1.51. The van der Waals surface area contributed by atoms with Gasteiger partial charge >= 0.3 is 0 Å². The van der Waals surface area contributed by atoms with Gasteiger partial charge in [0.05, 0.1) is 18.2 Å². The van der Waals surface area contributed by atoms with Crippen molar-refractivity contribution in [3.8, 4) is 0 Å². The summed E-state index contributed by atoms with van der Waals surface area (Å²) in [6, 6.07) is 8.65. The smallest absolute Gasteiger partial charge is 0.288 e. The van der Waals surface area contributed by atoms with Crippen LogP contribution < -0.4 is 0 Å². The van der Waals surface area contributed by atoms with Crippen LogP contribution in [0.3, 0.4) is 0 Å². The molecule has 2 aromatic rings. The summed E-state index contributed by atoms with van der Waals surface area (Å²) < 4.78 is 30.4. The van der Waals surface area contributed by atoms with E-state index in [9.17, 15) is 8.42 Å². The molecule has 6 nitrogen and oxygen atoms in total. The number of aromatic nitrogens is 2. The van der Waals surface area contributed by atoms with Gasteiger partial charge in [0.25, 0.3) is 4.84 Å². The fraction of sp³-hybridized carbons (Fsp3) is 0.579. The van der Waals surface area contributed by atoms with Crippen molar-refractivity contribution in [3.63, 3.8) is 0 Å². The molecular weight excluding hydrogens is 382 g/mol. The van der Waals surface area contributed by atoms with Gasteiger partial charge in [-0.2, -0.15) is 0 Å². The van der Waals surface area contributed by atoms with Gasteiger partial charge in [0.15, 0.2) is 9.84 Å². The summed E-state index contributed by atoms with van der Waals surface area (Å²) in [7, 11) is -0.882. The molecule has 0 saturated carbocycles. The number of hydrogen-bond donors (Lipinski definition) is 0. The van der Waals surface area contributed by atoms with E-state index in [4.69, 9.17) is 16.6 Å². The predicted octanol–water partition coefficient (Wildman–Crippen LogP) is 3.40. The van der Waals surface area contributed by atoms with Crippen molar-refractivity contribution < 1.29 is 12.8 Å². The molecule has 0 radical (unpaired) electrons. The third kappa shape index (κ3) is 5.49. The first-order valence-electron chi connectivity index (χ1n) is 9.26. The molecule has 1 aliphatic rings. The molecule has 27 heavy (non-hydrogen) atoms. The fourth-order valence-corrected chi connectivity index (χ4v) is 5.46. The zero-order valence-electron chi connectivity index (χ0n) is 16.1. The topological polar surface area (TPSA) is 68.3 Å². The molecule has 1 fully saturated rings. The molecule has 0 amide bonds. The Morgan fingerprint density at radius 1 is 1.33 bits per heavy atom. The summed E-state index contributed by atoms with van der Waals surface area (Å²) in [4.78, 5) is 2.44. The average molecular weight is 410 g/mol. The second-order valence-corrected chi connectivity index (χ2v) is 10.4. The van der Waals surface area contributed by atoms with Crippen LogP contribution in [0.2, 0.25) is 0 Å². The summed E-state index contributed by atoms with van der Waals surface area (Å²) in [5.74, 6) is 1.61. The van der Waals surface area contributed by atoms with E-state index in [0.717, 1.165) is 6.54 Å². The number of nitrogens with zero attached hydrogens (tertiary/aromatic N) is 3. The molecule has 1 aliphatic heterocycles. The van der Waals surface area contributed by atoms with Crippen LogP contribution in [-0.4, -0.2) is 41.7 Å². The predicted molar refractivity (Wildman–Crippen MR) is 108 cm³/mol. The maximum atomic E-state index is 11.6. The summed E-state index contributed by atoms with van der Waals surface area (Å²) in [5, 5.41) is 4.45. The van der Waals surface area contributed by atoms with Gasteiger partial charge in [-0.15, -0.1) is 5.10 Å². The Labute approximate surface area is 166 Å². The Balaban J connectivity index is 1.58. The SMILES string of the molecule is CC(C)c1ccc(CN(C)Cn2nc(C[C@H]3CCS(=O)(=O)C3)oc2=S)cc1. The molecule has 1 aromatic heterocycles. The molecule has 148 valence electrons. The Kier molecular flexibility index (Phi) is 6.18. The Morgan fingerprint density at radius 3 is 2.63 bits per heavy atom. The van der Waals surface area contributed by atoms with E-state index in [1.165, 1.54) is 11.1 Å². The maximum Gasteiger partial charge on any atom is 0.288 e. The molecule has 2 heterocycles. The van der Waals surface area contributed by atoms with Gasteiger partial charge in [0, 0.05) is 13.0 Å². The first kappa shape index (κ1) is 20.2. The highest BCUT2D eigenvalue weighted by molar-refractivity contribution is 7.91. The van der Waals surface area contributed by atoms with E-state index in [2.05, 4.69) is 48.1 Å². The lowest BCUT2D eigenvalue weighted by atomic mass is 10.0. The molecule has 0 unspecified atom stereocenters. The van der Waals surface area contributed by atoms with E-state index in [0.29, 0.717) is 36.2 Å². The van der Waals surface area contributed by atoms with Crippen LogP contribution in [0, 0.1) is 10.8 Å². The van der Waals surface area contributed by atoms with Crippen LogP contribution in [0.15, 0.2) is 28.7 Å². The monoisotopic (exact) mass is 409 g/mol. The summed E-state index contributed by atoms with van der Waals surface area (Å²) in [6.45, 7) is 5.68. The fourth-order valence-electron chi connectivity index (χ4n) is 3.40. The van der Waals surface area contributed by atoms with Gasteiger partial charge in [-0.25, -0.2) is 13.1 Å². The van der Waals surface area contributed by atoms with Crippen LogP contribution in [0.5, 0.6) is 0 Å². The van der Waals surface area contributed by atoms with Crippen molar-refractivity contribution in [2.24, 2.45) is 5.92 Å². The highest BCUT2D eigenvalue weighted by Gasteiger charge is 2.29. The summed E-state index contributed by atoms with van der Waals surface area (Å²) in [6.07, 6.45) is 1.19. The van der Waals surface area contributed by atoms with Crippen molar-refractivity contribution in [1.29, 1.82) is 0 Å². The standard InChI is InChI=1S/C19H27N3O3S2/c1-14(2)17-6-4-15(5-7-17)11-21(3)13-22-19(26)25-18(20-22)10-16-8-9-27(23,24)12-16/h4-7,14,16H,8-13H2,1-3H3/t16-/m1/s1. The molecule has 3 rings (SSSR count). The number of benzene rings is 1. The van der Waals surface area contributed by atoms with Crippen LogP contribution in [0.1, 0.15) is 43.2 Å². The van der Waals surface area contributed by atoms with Crippen LogP contribution in [0.25, 0.3) is 0 Å². The minimum atomic E-state index is -2.89. The van der Waals surface area contributed by atoms with Crippen LogP contribution in [-0.2, 0) is 29.5 Å². The summed E-state index contributed by atoms with van der Waals surface area (Å²) >= 11 is 5.28. The van der Waals surface area contributed by atoms with Crippen molar-refractivity contribution in [3.05, 3.63) is 46.1 Å². The zero-order chi connectivity index (χ0) is 19.6. The molecule has 0 aliphatic carbocycles. The van der Waals surface area contributed by atoms with Gasteiger partial charge < -0.3 is 4.42 Å². The van der Waals surface area contributed by atoms with Gasteiger partial charge in [0.2, 0.25) is 5.89 Å². The van der Waals surface area contributed by atoms with E-state index in [1.54, 1.807) is 4.68 Å². The van der Waals surface area contributed by atoms with E-state index in [1.807, 2.05) is 7.05 Å². The molecule has 8 heteroatoms. The molecule has 0 N–H and O–H groups in total. The molecule has 1 aromatic carbocycles. The quantitative estimate of drug-likeness (QED) is 0.653. The first-order valence-corrected chi connectivity index (χ1v) is 11.5. The van der Waals surface area contributed by atoms with Gasteiger partial charge in [-0.3, -0.25) is 4.90 Å². The van der Waals surface area contributed by atoms with E-state index < -0.39 is 9.84 Å². The minimum Gasteiger partial charge on any atom is -0.414 e. The molecule has 0 spiro atoms. The van der Waals surface area contributed by atoms with Crippen molar-refractivity contribution in [2.45, 2.75) is 45.8 Å². The molecule has 1 atom stereocenters. The lowest BCUT2D eigenvalue weighted by Crippen LogP contribution is -2.22. The minimum absolute atomic E-state index is 0.0775. The van der Waals surface area contributed by atoms with Crippen LogP contribution in [0.4, 0.5) is 0 Å². The molecular formula is C19H27N3O3S2. The van der Waals surface area contributed by atoms with E-state index in [-0.39, 0.29) is 17.4 Å². The van der Waals surface area contributed by atoms with Crippen molar-refractivity contribution >= 4 is 22.1 Å². The largest absolute Gasteiger partial charge is 0.414 e. The van der Waals surface area contributed by atoms with Gasteiger partial charge in [-0.1, -0.05) is 38.1 Å². The normalized spacial score (nSPS) is 19.2. The Bertz CT molecular complexity index is 930. The van der Waals surface area contributed by atoms with Crippen LogP contribution >= 0.6 is 12.2 Å². The number of hydrogen-bond acceptors (Lipinski definition) is 6. The lowest BCUT2D eigenvalue weighted by molar-refractivity contribution is 0.240. The van der Waals surface area contributed by atoms with Crippen molar-refractivity contribution in [2.75, 3.05) is 18.6 Å². The second kappa shape index (κ2) is 8.24.